The van der Waals surface area contributed by atoms with Crippen LogP contribution in [0.15, 0.2) is 24.3 Å². The highest BCUT2D eigenvalue weighted by molar-refractivity contribution is 5.79. The number of carbonyl (C=O) groups excluding carboxylic acids is 2. The van der Waals surface area contributed by atoms with E-state index in [4.69, 9.17) is 10.8 Å². The van der Waals surface area contributed by atoms with Crippen LogP contribution in [-0.2, 0) is 22.6 Å². The predicted molar refractivity (Wildman–Crippen MR) is 83.8 cm³/mol. The number of nitrogens with zero attached hydrogens (tertiary/aromatic N) is 1. The molecule has 0 radical (unpaired) electrons. The van der Waals surface area contributed by atoms with Crippen molar-refractivity contribution in [2.45, 2.75) is 38.7 Å². The van der Waals surface area contributed by atoms with E-state index in [1.54, 1.807) is 0 Å². The Bertz CT molecular complexity index is 513. The number of rotatable bonds is 6. The van der Waals surface area contributed by atoms with E-state index in [1.165, 1.54) is 0 Å². The van der Waals surface area contributed by atoms with Crippen molar-refractivity contribution in [3.05, 3.63) is 35.4 Å². The Hall–Kier alpha value is -1.88. The molecule has 0 aliphatic carbocycles. The van der Waals surface area contributed by atoms with Crippen LogP contribution in [0.4, 0.5) is 0 Å². The Morgan fingerprint density at radius 1 is 1.23 bits per heavy atom. The summed E-state index contributed by atoms with van der Waals surface area (Å²) in [5.41, 5.74) is 7.00. The summed E-state index contributed by atoms with van der Waals surface area (Å²) < 4.78 is 0. The fourth-order valence-corrected chi connectivity index (χ4v) is 2.92. The van der Waals surface area contributed by atoms with Crippen molar-refractivity contribution in [3.63, 3.8) is 0 Å². The van der Waals surface area contributed by atoms with Crippen molar-refractivity contribution < 1.29 is 14.7 Å². The van der Waals surface area contributed by atoms with Gasteiger partial charge >= 0.3 is 0 Å². The third kappa shape index (κ3) is 4.84. The van der Waals surface area contributed by atoms with E-state index in [1.807, 2.05) is 29.2 Å². The first-order chi connectivity index (χ1) is 10.6. The largest absolute Gasteiger partial charge is 0.392 e. The van der Waals surface area contributed by atoms with Crippen molar-refractivity contribution in [2.24, 2.45) is 11.7 Å². The van der Waals surface area contributed by atoms with Crippen LogP contribution in [0.5, 0.6) is 0 Å². The summed E-state index contributed by atoms with van der Waals surface area (Å²) in [4.78, 5) is 25.2. The molecule has 120 valence electrons. The molecule has 1 aromatic carbocycles. The summed E-state index contributed by atoms with van der Waals surface area (Å²) >= 11 is 0. The van der Waals surface area contributed by atoms with Crippen molar-refractivity contribution >= 4 is 11.8 Å². The van der Waals surface area contributed by atoms with Crippen LogP contribution in [0.2, 0.25) is 0 Å². The van der Waals surface area contributed by atoms with E-state index < -0.39 is 0 Å². The average molecular weight is 304 g/mol. The standard InChI is InChI=1S/C17H24N2O3/c18-16(21)8-7-14-2-1-9-19(11-14)17(22)10-13-3-5-15(12-20)6-4-13/h3-6,14,20H,1-2,7-12H2,(H2,18,21)/t14-/m1/s1. The van der Waals surface area contributed by atoms with Crippen molar-refractivity contribution in [1.29, 1.82) is 0 Å². The summed E-state index contributed by atoms with van der Waals surface area (Å²) in [7, 11) is 0. The molecule has 5 nitrogen and oxygen atoms in total. The van der Waals surface area contributed by atoms with Crippen LogP contribution in [0, 0.1) is 5.92 Å². The van der Waals surface area contributed by atoms with Gasteiger partial charge in [0.2, 0.25) is 11.8 Å². The van der Waals surface area contributed by atoms with Gasteiger partial charge in [0.25, 0.3) is 0 Å². The minimum Gasteiger partial charge on any atom is -0.392 e. The van der Waals surface area contributed by atoms with Gasteiger partial charge in [0.15, 0.2) is 0 Å². The van der Waals surface area contributed by atoms with Gasteiger partial charge in [-0.2, -0.15) is 0 Å². The number of aliphatic hydroxyl groups is 1. The van der Waals surface area contributed by atoms with E-state index in [0.29, 0.717) is 18.8 Å². The van der Waals surface area contributed by atoms with Gasteiger partial charge in [0.1, 0.15) is 0 Å². The number of aliphatic hydroxyl groups excluding tert-OH is 1. The smallest absolute Gasteiger partial charge is 0.226 e. The minimum atomic E-state index is -0.271. The van der Waals surface area contributed by atoms with Crippen LogP contribution < -0.4 is 5.73 Å². The van der Waals surface area contributed by atoms with Crippen LogP contribution in [0.3, 0.4) is 0 Å². The van der Waals surface area contributed by atoms with Crippen LogP contribution >= 0.6 is 0 Å². The average Bonchev–Trinajstić information content (AvgIpc) is 2.54. The Balaban J connectivity index is 1.86. The van der Waals surface area contributed by atoms with E-state index in [2.05, 4.69) is 0 Å². The number of nitrogens with two attached hydrogens (primary N) is 1. The zero-order valence-electron chi connectivity index (χ0n) is 12.8. The number of hydrogen-bond acceptors (Lipinski definition) is 3. The molecule has 0 aromatic heterocycles. The molecule has 2 rings (SSSR count). The second kappa shape index (κ2) is 7.94. The lowest BCUT2D eigenvalue weighted by molar-refractivity contribution is -0.132. The number of carbonyl (C=O) groups is 2. The Labute approximate surface area is 131 Å². The summed E-state index contributed by atoms with van der Waals surface area (Å²) in [5.74, 6) is 0.231. The number of hydrogen-bond donors (Lipinski definition) is 2. The van der Waals surface area contributed by atoms with Crippen LogP contribution in [0.1, 0.15) is 36.8 Å². The van der Waals surface area contributed by atoms with Gasteiger partial charge in [-0.15, -0.1) is 0 Å². The highest BCUT2D eigenvalue weighted by Crippen LogP contribution is 2.21. The number of amides is 2. The summed E-state index contributed by atoms with van der Waals surface area (Å²) in [5, 5.41) is 9.02. The first-order valence-corrected chi connectivity index (χ1v) is 7.83. The lowest BCUT2D eigenvalue weighted by Gasteiger charge is -2.32. The van der Waals surface area contributed by atoms with Crippen molar-refractivity contribution in [1.82, 2.24) is 4.90 Å². The summed E-state index contributed by atoms with van der Waals surface area (Å²) in [6.45, 7) is 1.53. The van der Waals surface area contributed by atoms with E-state index in [-0.39, 0.29) is 18.4 Å². The molecule has 1 aliphatic rings. The predicted octanol–water partition coefficient (Wildman–Crippen LogP) is 1.23. The van der Waals surface area contributed by atoms with Crippen molar-refractivity contribution in [2.75, 3.05) is 13.1 Å². The molecule has 0 saturated carbocycles. The van der Waals surface area contributed by atoms with Gasteiger partial charge in [-0.05, 0) is 36.3 Å². The molecular formula is C17H24N2O3. The molecule has 0 bridgehead atoms. The maximum atomic E-state index is 12.4. The molecule has 5 heteroatoms. The molecule has 1 saturated heterocycles. The molecule has 0 spiro atoms. The lowest BCUT2D eigenvalue weighted by Crippen LogP contribution is -2.40. The van der Waals surface area contributed by atoms with E-state index in [9.17, 15) is 9.59 Å². The Morgan fingerprint density at radius 3 is 2.55 bits per heavy atom. The molecule has 2 amide bonds. The van der Waals surface area contributed by atoms with Crippen LogP contribution in [-0.4, -0.2) is 34.9 Å². The maximum absolute atomic E-state index is 12.4. The molecule has 1 heterocycles. The van der Waals surface area contributed by atoms with Gasteiger partial charge in [-0.25, -0.2) is 0 Å². The highest BCUT2D eigenvalue weighted by atomic mass is 16.3. The first kappa shape index (κ1) is 16.5. The Kier molecular flexibility index (Phi) is 5.95. The second-order valence-corrected chi connectivity index (χ2v) is 6.00. The van der Waals surface area contributed by atoms with E-state index in [0.717, 1.165) is 43.5 Å². The highest BCUT2D eigenvalue weighted by Gasteiger charge is 2.23. The van der Waals surface area contributed by atoms with Gasteiger partial charge < -0.3 is 15.7 Å². The molecule has 22 heavy (non-hydrogen) atoms. The number of likely N-dealkylation sites (tertiary alicyclic amines) is 1. The summed E-state index contributed by atoms with van der Waals surface area (Å²) in [6, 6.07) is 7.46. The van der Waals surface area contributed by atoms with E-state index >= 15 is 0 Å². The topological polar surface area (TPSA) is 83.6 Å². The fraction of sp³-hybridized carbons (Fsp3) is 0.529. The third-order valence-electron chi connectivity index (χ3n) is 4.23. The quantitative estimate of drug-likeness (QED) is 0.829. The molecule has 1 aliphatic heterocycles. The lowest BCUT2D eigenvalue weighted by atomic mass is 9.93. The van der Waals surface area contributed by atoms with Gasteiger partial charge in [0.05, 0.1) is 13.0 Å². The number of benzene rings is 1. The normalized spacial score (nSPS) is 18.2. The molecule has 1 fully saturated rings. The first-order valence-electron chi connectivity index (χ1n) is 7.83. The molecule has 3 N–H and O–H groups in total. The maximum Gasteiger partial charge on any atom is 0.226 e. The molecule has 1 aromatic rings. The zero-order valence-corrected chi connectivity index (χ0v) is 12.8. The van der Waals surface area contributed by atoms with Gasteiger partial charge in [0, 0.05) is 19.5 Å². The molecular weight excluding hydrogens is 280 g/mol. The minimum absolute atomic E-state index is 0.0158. The fourth-order valence-electron chi connectivity index (χ4n) is 2.92. The van der Waals surface area contributed by atoms with Crippen LogP contribution in [0.25, 0.3) is 0 Å². The summed E-state index contributed by atoms with van der Waals surface area (Å²) in [6.07, 6.45) is 3.59. The van der Waals surface area contributed by atoms with Gasteiger partial charge in [-0.1, -0.05) is 24.3 Å². The van der Waals surface area contributed by atoms with Gasteiger partial charge in [-0.3, -0.25) is 9.59 Å². The third-order valence-corrected chi connectivity index (χ3v) is 4.23. The SMILES string of the molecule is NC(=O)CC[C@H]1CCCN(C(=O)Cc2ccc(CO)cc2)C1. The second-order valence-electron chi connectivity index (χ2n) is 6.00. The number of primary amides is 1. The zero-order chi connectivity index (χ0) is 15.9. The van der Waals surface area contributed by atoms with Crippen molar-refractivity contribution in [3.8, 4) is 0 Å². The number of piperidine rings is 1. The monoisotopic (exact) mass is 304 g/mol. The molecule has 0 unspecified atom stereocenters. The molecule has 1 atom stereocenters. The Morgan fingerprint density at radius 2 is 1.91 bits per heavy atom.